The Morgan fingerprint density at radius 2 is 2.07 bits per heavy atom. The van der Waals surface area contributed by atoms with Gasteiger partial charge < -0.3 is 10.1 Å². The Kier molecular flexibility index (Phi) is 5.39. The molecular weight excluding hydrogens is 394 g/mol. The molecule has 0 aromatic heterocycles. The molecule has 0 aliphatic carbocycles. The van der Waals surface area contributed by atoms with E-state index in [1.165, 1.54) is 23.9 Å². The van der Waals surface area contributed by atoms with Gasteiger partial charge in [0, 0.05) is 28.9 Å². The number of carbonyl (C=O) groups excluding carboxylic acids is 1. The average molecular weight is 412 g/mol. The van der Waals surface area contributed by atoms with E-state index in [2.05, 4.69) is 11.2 Å². The minimum absolute atomic E-state index is 0.0559. The number of halogens is 2. The lowest BCUT2D eigenvalue weighted by Crippen LogP contribution is -2.51. The van der Waals surface area contributed by atoms with E-state index in [0.29, 0.717) is 22.9 Å². The Morgan fingerprint density at radius 1 is 1.28 bits per heavy atom. The van der Waals surface area contributed by atoms with Crippen LogP contribution in [0.1, 0.15) is 22.3 Å². The van der Waals surface area contributed by atoms with Gasteiger partial charge >= 0.3 is 0 Å². The van der Waals surface area contributed by atoms with Crippen LogP contribution in [0.15, 0.2) is 53.5 Å². The van der Waals surface area contributed by atoms with E-state index in [9.17, 15) is 13.6 Å². The zero-order chi connectivity index (χ0) is 20.4. The van der Waals surface area contributed by atoms with Gasteiger partial charge in [-0.05, 0) is 24.6 Å². The number of nitrogens with zero attached hydrogens (tertiary/aromatic N) is 1. The fourth-order valence-electron chi connectivity index (χ4n) is 3.73. The third-order valence-electron chi connectivity index (χ3n) is 5.24. The SMILES string of the molecule is C#C[C@H]1C[C@H]2CSC(NC(=O)c3ccccc3)=N[C@@]2(c2ccc(F)cc2F)CO1. The summed E-state index contributed by atoms with van der Waals surface area (Å²) in [6, 6.07) is 12.2. The fourth-order valence-corrected chi connectivity index (χ4v) is 4.89. The summed E-state index contributed by atoms with van der Waals surface area (Å²) in [4.78, 5) is 17.3. The van der Waals surface area contributed by atoms with Crippen molar-refractivity contribution in [3.63, 3.8) is 0 Å². The van der Waals surface area contributed by atoms with E-state index < -0.39 is 17.2 Å². The summed E-state index contributed by atoms with van der Waals surface area (Å²) >= 11 is 1.38. The van der Waals surface area contributed by atoms with E-state index in [4.69, 9.17) is 16.2 Å². The van der Waals surface area contributed by atoms with Crippen molar-refractivity contribution < 1.29 is 18.3 Å². The highest BCUT2D eigenvalue weighted by molar-refractivity contribution is 8.13. The maximum absolute atomic E-state index is 14.7. The van der Waals surface area contributed by atoms with Gasteiger partial charge in [-0.3, -0.25) is 4.79 Å². The van der Waals surface area contributed by atoms with Crippen molar-refractivity contribution in [3.8, 4) is 12.3 Å². The average Bonchev–Trinajstić information content (AvgIpc) is 2.73. The zero-order valence-corrected chi connectivity index (χ0v) is 16.2. The van der Waals surface area contributed by atoms with Crippen molar-refractivity contribution in [2.24, 2.45) is 10.9 Å². The molecule has 0 unspecified atom stereocenters. The highest BCUT2D eigenvalue weighted by atomic mass is 32.2. The number of aliphatic imine (C=N–C) groups is 1. The summed E-state index contributed by atoms with van der Waals surface area (Å²) in [7, 11) is 0. The molecule has 2 heterocycles. The Bertz CT molecular complexity index is 1010. The zero-order valence-electron chi connectivity index (χ0n) is 15.4. The first-order valence-electron chi connectivity index (χ1n) is 9.14. The van der Waals surface area contributed by atoms with E-state index in [1.807, 2.05) is 6.07 Å². The van der Waals surface area contributed by atoms with E-state index >= 15 is 0 Å². The Balaban J connectivity index is 1.71. The molecule has 29 heavy (non-hydrogen) atoms. The van der Waals surface area contributed by atoms with E-state index in [0.717, 1.165) is 6.07 Å². The Hall–Kier alpha value is -2.69. The predicted octanol–water partition coefficient (Wildman–Crippen LogP) is 3.73. The van der Waals surface area contributed by atoms with Crippen LogP contribution in [0, 0.1) is 29.9 Å². The van der Waals surface area contributed by atoms with Gasteiger partial charge in [-0.2, -0.15) is 0 Å². The first-order valence-corrected chi connectivity index (χ1v) is 10.1. The molecule has 4 nitrogen and oxygen atoms in total. The lowest BCUT2D eigenvalue weighted by molar-refractivity contribution is -0.0299. The Labute approximate surface area is 171 Å². The number of ether oxygens (including phenoxy) is 1. The van der Waals surface area contributed by atoms with Gasteiger partial charge in [-0.25, -0.2) is 13.8 Å². The molecule has 2 aliphatic rings. The molecule has 1 fully saturated rings. The van der Waals surface area contributed by atoms with Crippen LogP contribution in [0.25, 0.3) is 0 Å². The maximum atomic E-state index is 14.7. The van der Waals surface area contributed by atoms with Gasteiger partial charge in [0.25, 0.3) is 5.91 Å². The van der Waals surface area contributed by atoms with Crippen molar-refractivity contribution in [2.75, 3.05) is 12.4 Å². The molecule has 1 saturated heterocycles. The highest BCUT2D eigenvalue weighted by Crippen LogP contribution is 2.46. The molecule has 3 atom stereocenters. The van der Waals surface area contributed by atoms with Crippen LogP contribution in [0.5, 0.6) is 0 Å². The normalized spacial score (nSPS) is 26.0. The van der Waals surface area contributed by atoms with Crippen LogP contribution in [-0.4, -0.2) is 29.5 Å². The second-order valence-electron chi connectivity index (χ2n) is 7.00. The number of amides is 1. The summed E-state index contributed by atoms with van der Waals surface area (Å²) in [5.41, 5.74) is -0.339. The van der Waals surface area contributed by atoms with Crippen molar-refractivity contribution >= 4 is 22.8 Å². The lowest BCUT2D eigenvalue weighted by Gasteiger charge is -2.45. The number of hydrogen-bond acceptors (Lipinski definition) is 4. The minimum Gasteiger partial charge on any atom is -0.363 e. The first kappa shape index (κ1) is 19.6. The molecule has 2 aromatic rings. The quantitative estimate of drug-likeness (QED) is 0.765. The van der Waals surface area contributed by atoms with E-state index in [1.54, 1.807) is 24.3 Å². The number of terminal acetylenes is 1. The number of carbonyl (C=O) groups is 1. The molecule has 0 radical (unpaired) electrons. The van der Waals surface area contributed by atoms with E-state index in [-0.39, 0.29) is 30.1 Å². The predicted molar refractivity (Wildman–Crippen MR) is 109 cm³/mol. The van der Waals surface area contributed by atoms with Crippen molar-refractivity contribution in [3.05, 3.63) is 71.3 Å². The minimum atomic E-state index is -1.07. The van der Waals surface area contributed by atoms with Gasteiger partial charge in [0.2, 0.25) is 0 Å². The van der Waals surface area contributed by atoms with Crippen LogP contribution in [0.4, 0.5) is 8.78 Å². The number of nitrogens with one attached hydrogen (secondary N) is 1. The van der Waals surface area contributed by atoms with Gasteiger partial charge in [0.1, 0.15) is 23.3 Å². The van der Waals surface area contributed by atoms with Gasteiger partial charge in [0.15, 0.2) is 5.17 Å². The summed E-state index contributed by atoms with van der Waals surface area (Å²) in [5, 5.41) is 3.18. The molecule has 0 spiro atoms. The third kappa shape index (κ3) is 3.78. The lowest BCUT2D eigenvalue weighted by atomic mass is 9.75. The summed E-state index contributed by atoms with van der Waals surface area (Å²) < 4.78 is 34.0. The number of hydrogen-bond donors (Lipinski definition) is 1. The first-order chi connectivity index (χ1) is 14.0. The number of thioether (sulfide) groups is 1. The summed E-state index contributed by atoms with van der Waals surface area (Å²) in [5.74, 6) is 1.40. The van der Waals surface area contributed by atoms with Gasteiger partial charge in [0.05, 0.1) is 6.61 Å². The van der Waals surface area contributed by atoms with Crippen LogP contribution in [-0.2, 0) is 10.3 Å². The summed E-state index contributed by atoms with van der Waals surface area (Å²) in [6.45, 7) is 0.0559. The molecule has 2 aliphatic heterocycles. The molecule has 0 saturated carbocycles. The van der Waals surface area contributed by atoms with Crippen LogP contribution in [0.3, 0.4) is 0 Å². The number of rotatable bonds is 2. The van der Waals surface area contributed by atoms with Crippen molar-refractivity contribution in [1.82, 2.24) is 5.32 Å². The largest absolute Gasteiger partial charge is 0.363 e. The molecule has 148 valence electrons. The van der Waals surface area contributed by atoms with Crippen LogP contribution in [0.2, 0.25) is 0 Å². The van der Waals surface area contributed by atoms with Crippen LogP contribution >= 0.6 is 11.8 Å². The topological polar surface area (TPSA) is 50.7 Å². The molecule has 7 heteroatoms. The second kappa shape index (κ2) is 7.97. The fraction of sp³-hybridized carbons (Fsp3) is 0.273. The molecule has 1 N–H and O–H groups in total. The smallest absolute Gasteiger partial charge is 0.257 e. The monoisotopic (exact) mass is 412 g/mol. The van der Waals surface area contributed by atoms with Gasteiger partial charge in [-0.15, -0.1) is 6.42 Å². The molecule has 4 rings (SSSR count). The Morgan fingerprint density at radius 3 is 2.79 bits per heavy atom. The van der Waals surface area contributed by atoms with Gasteiger partial charge in [-0.1, -0.05) is 41.9 Å². The second-order valence-corrected chi connectivity index (χ2v) is 8.00. The number of benzene rings is 2. The number of amidine groups is 1. The highest BCUT2D eigenvalue weighted by Gasteiger charge is 2.49. The maximum Gasteiger partial charge on any atom is 0.257 e. The molecular formula is C22H18F2N2O2S. The van der Waals surface area contributed by atoms with Crippen LogP contribution < -0.4 is 5.32 Å². The third-order valence-corrected chi connectivity index (χ3v) is 6.28. The van der Waals surface area contributed by atoms with Crippen molar-refractivity contribution in [1.29, 1.82) is 0 Å². The van der Waals surface area contributed by atoms with Crippen molar-refractivity contribution in [2.45, 2.75) is 18.1 Å². The number of fused-ring (bicyclic) bond motifs is 1. The molecule has 1 amide bonds. The summed E-state index contributed by atoms with van der Waals surface area (Å²) in [6.07, 6.45) is 5.64. The molecule has 0 bridgehead atoms. The molecule has 2 aromatic carbocycles. The standard InChI is InChI=1S/C22H18F2N2O2S/c1-2-17-10-15-12-29-21(25-20(27)14-6-4-3-5-7-14)26-22(15,13-28-17)18-9-8-16(23)11-19(18)24/h1,3-9,11,15,17H,10,12-13H2,(H,25,26,27)/t15-,17-,22-/m0/s1.